The third kappa shape index (κ3) is 7.17. The number of anilines is 1. The largest absolute Gasteiger partial charge is 0.493 e. The minimum absolute atomic E-state index is 0.0189. The summed E-state index contributed by atoms with van der Waals surface area (Å²) in [5.41, 5.74) is 2.48. The van der Waals surface area contributed by atoms with Crippen molar-refractivity contribution in [2.45, 2.75) is 52.7 Å². The molecule has 1 N–H and O–H groups in total. The van der Waals surface area contributed by atoms with Crippen molar-refractivity contribution in [3.05, 3.63) is 59.7 Å². The highest BCUT2D eigenvalue weighted by atomic mass is 16.5. The van der Waals surface area contributed by atoms with Crippen LogP contribution >= 0.6 is 0 Å². The topological polar surface area (TPSA) is 73.9 Å². The third-order valence-corrected chi connectivity index (χ3v) is 4.47. The molecule has 2 aromatic rings. The molecule has 1 atom stereocenters. The van der Waals surface area contributed by atoms with Crippen LogP contribution in [-0.4, -0.2) is 31.2 Å². The number of amides is 1. The van der Waals surface area contributed by atoms with Gasteiger partial charge in [-0.2, -0.15) is 0 Å². The van der Waals surface area contributed by atoms with Crippen molar-refractivity contribution in [3.8, 4) is 11.5 Å². The van der Waals surface area contributed by atoms with Crippen molar-refractivity contribution in [2.24, 2.45) is 0 Å². The van der Waals surface area contributed by atoms with E-state index in [1.165, 1.54) is 6.08 Å². The van der Waals surface area contributed by atoms with Gasteiger partial charge >= 0.3 is 5.97 Å². The van der Waals surface area contributed by atoms with Crippen LogP contribution in [0.15, 0.2) is 48.5 Å². The maximum Gasteiger partial charge on any atom is 0.331 e. The molecule has 0 aliphatic carbocycles. The molecular weight excluding hydrogens is 394 g/mol. The first kappa shape index (κ1) is 24.0. The Labute approximate surface area is 184 Å². The molecule has 0 aliphatic rings. The Morgan fingerprint density at radius 3 is 2.32 bits per heavy atom. The summed E-state index contributed by atoms with van der Waals surface area (Å²) in [5.74, 6) is 0.463. The van der Waals surface area contributed by atoms with Crippen molar-refractivity contribution in [2.75, 3.05) is 12.4 Å². The zero-order valence-electron chi connectivity index (χ0n) is 19.0. The van der Waals surface area contributed by atoms with Gasteiger partial charge in [-0.1, -0.05) is 38.1 Å². The molecule has 0 bridgehead atoms. The monoisotopic (exact) mass is 425 g/mol. The summed E-state index contributed by atoms with van der Waals surface area (Å²) < 4.78 is 16.3. The van der Waals surface area contributed by atoms with Crippen LogP contribution in [0.25, 0.3) is 6.08 Å². The van der Waals surface area contributed by atoms with E-state index in [9.17, 15) is 9.59 Å². The number of methoxy groups -OCH3 is 1. The van der Waals surface area contributed by atoms with E-state index in [0.717, 1.165) is 16.8 Å². The zero-order chi connectivity index (χ0) is 23.0. The molecule has 6 heteroatoms. The molecule has 2 rings (SSSR count). The molecule has 166 valence electrons. The van der Waals surface area contributed by atoms with Crippen LogP contribution in [0.3, 0.4) is 0 Å². The molecule has 0 heterocycles. The fourth-order valence-electron chi connectivity index (χ4n) is 2.92. The molecule has 0 radical (unpaired) electrons. The Hall–Kier alpha value is -3.28. The molecule has 1 amide bonds. The molecule has 2 aromatic carbocycles. The van der Waals surface area contributed by atoms with Crippen LogP contribution in [-0.2, 0) is 14.3 Å². The highest BCUT2D eigenvalue weighted by molar-refractivity contribution is 5.97. The summed E-state index contributed by atoms with van der Waals surface area (Å²) in [6, 6.07) is 12.9. The molecule has 0 unspecified atom stereocenters. The van der Waals surface area contributed by atoms with Crippen molar-refractivity contribution >= 4 is 23.6 Å². The van der Waals surface area contributed by atoms with E-state index >= 15 is 0 Å². The lowest BCUT2D eigenvalue weighted by atomic mass is 10.0. The molecule has 0 saturated carbocycles. The number of carbonyl (C=O) groups is 2. The van der Waals surface area contributed by atoms with Crippen molar-refractivity contribution in [3.63, 3.8) is 0 Å². The Balaban J connectivity index is 1.99. The molecule has 0 aromatic heterocycles. The van der Waals surface area contributed by atoms with E-state index in [-0.39, 0.29) is 17.9 Å². The van der Waals surface area contributed by atoms with Gasteiger partial charge in [-0.25, -0.2) is 4.79 Å². The number of nitrogens with one attached hydrogen (secondary N) is 1. The van der Waals surface area contributed by atoms with Crippen molar-refractivity contribution in [1.82, 2.24) is 0 Å². The van der Waals surface area contributed by atoms with Crippen molar-refractivity contribution in [1.29, 1.82) is 0 Å². The minimum atomic E-state index is -0.936. The Morgan fingerprint density at radius 1 is 0.968 bits per heavy atom. The van der Waals surface area contributed by atoms with Gasteiger partial charge in [0.1, 0.15) is 0 Å². The van der Waals surface area contributed by atoms with E-state index in [1.807, 2.05) is 44.2 Å². The summed E-state index contributed by atoms with van der Waals surface area (Å²) in [6.45, 7) is 9.51. The van der Waals surface area contributed by atoms with Gasteiger partial charge < -0.3 is 19.5 Å². The van der Waals surface area contributed by atoms with Crippen molar-refractivity contribution < 1.29 is 23.8 Å². The van der Waals surface area contributed by atoms with E-state index in [0.29, 0.717) is 11.5 Å². The smallest absolute Gasteiger partial charge is 0.331 e. The standard InChI is InChI=1S/C25H31NO5/c1-16(2)20-9-7-8-10-21(20)26-25(28)18(5)31-24(27)14-12-19-11-13-22(30-17(3)4)23(15-19)29-6/h7-18H,1-6H3,(H,26,28)/b14-12+/t18-/m0/s1. The number of ether oxygens (including phenoxy) is 3. The second kappa shape index (κ2) is 11.2. The highest BCUT2D eigenvalue weighted by Gasteiger charge is 2.18. The summed E-state index contributed by atoms with van der Waals surface area (Å²) in [4.78, 5) is 24.6. The first-order valence-electron chi connectivity index (χ1n) is 10.3. The van der Waals surface area contributed by atoms with Gasteiger partial charge in [-0.3, -0.25) is 4.79 Å². The second-order valence-electron chi connectivity index (χ2n) is 7.72. The van der Waals surface area contributed by atoms with Gasteiger partial charge in [0.25, 0.3) is 5.91 Å². The summed E-state index contributed by atoms with van der Waals surface area (Å²) in [7, 11) is 1.56. The molecule has 0 saturated heterocycles. The fourth-order valence-corrected chi connectivity index (χ4v) is 2.92. The Morgan fingerprint density at radius 2 is 1.68 bits per heavy atom. The van der Waals surface area contributed by atoms with Gasteiger partial charge in [0.2, 0.25) is 0 Å². The van der Waals surface area contributed by atoms with E-state index in [4.69, 9.17) is 14.2 Å². The van der Waals surface area contributed by atoms with Gasteiger partial charge in [-0.15, -0.1) is 0 Å². The lowest BCUT2D eigenvalue weighted by Gasteiger charge is -2.16. The van der Waals surface area contributed by atoms with E-state index in [1.54, 1.807) is 32.2 Å². The van der Waals surface area contributed by atoms with Crippen LogP contribution in [0, 0.1) is 0 Å². The number of benzene rings is 2. The quantitative estimate of drug-likeness (QED) is 0.442. The Bertz CT molecular complexity index is 933. The number of rotatable bonds is 9. The maximum atomic E-state index is 12.5. The third-order valence-electron chi connectivity index (χ3n) is 4.47. The van der Waals surface area contributed by atoms with Gasteiger partial charge in [0.05, 0.1) is 13.2 Å². The molecule has 6 nitrogen and oxygen atoms in total. The lowest BCUT2D eigenvalue weighted by molar-refractivity contribution is -0.148. The number of para-hydroxylation sites is 1. The average molecular weight is 426 g/mol. The molecule has 31 heavy (non-hydrogen) atoms. The SMILES string of the molecule is COc1cc(/C=C/C(=O)O[C@@H](C)C(=O)Nc2ccccc2C(C)C)ccc1OC(C)C. The molecule has 0 aliphatic heterocycles. The predicted molar refractivity (Wildman–Crippen MR) is 123 cm³/mol. The normalized spacial score (nSPS) is 12.1. The summed E-state index contributed by atoms with van der Waals surface area (Å²) in [6.07, 6.45) is 1.96. The van der Waals surface area contributed by atoms with Gasteiger partial charge in [0.15, 0.2) is 17.6 Å². The van der Waals surface area contributed by atoms with E-state index < -0.39 is 12.1 Å². The van der Waals surface area contributed by atoms with Crippen LogP contribution < -0.4 is 14.8 Å². The van der Waals surface area contributed by atoms with Gasteiger partial charge in [0, 0.05) is 11.8 Å². The molecular formula is C25H31NO5. The first-order chi connectivity index (χ1) is 14.7. The zero-order valence-corrected chi connectivity index (χ0v) is 19.0. The van der Waals surface area contributed by atoms with Crippen LogP contribution in [0.4, 0.5) is 5.69 Å². The second-order valence-corrected chi connectivity index (χ2v) is 7.72. The van der Waals surface area contributed by atoms with Crippen LogP contribution in [0.1, 0.15) is 51.7 Å². The maximum absolute atomic E-state index is 12.5. The van der Waals surface area contributed by atoms with Crippen LogP contribution in [0.5, 0.6) is 11.5 Å². The highest BCUT2D eigenvalue weighted by Crippen LogP contribution is 2.29. The number of hydrogen-bond acceptors (Lipinski definition) is 5. The number of esters is 1. The molecule has 0 fully saturated rings. The fraction of sp³-hybridized carbons (Fsp3) is 0.360. The minimum Gasteiger partial charge on any atom is -0.493 e. The Kier molecular flexibility index (Phi) is 8.67. The number of hydrogen-bond donors (Lipinski definition) is 1. The van der Waals surface area contributed by atoms with Crippen LogP contribution in [0.2, 0.25) is 0 Å². The average Bonchev–Trinajstić information content (AvgIpc) is 2.72. The predicted octanol–water partition coefficient (Wildman–Crippen LogP) is 5.19. The number of carbonyl (C=O) groups excluding carboxylic acids is 2. The summed E-state index contributed by atoms with van der Waals surface area (Å²) in [5, 5.41) is 2.84. The first-order valence-corrected chi connectivity index (χ1v) is 10.3. The van der Waals surface area contributed by atoms with Gasteiger partial charge in [-0.05, 0) is 62.1 Å². The molecule has 0 spiro atoms. The summed E-state index contributed by atoms with van der Waals surface area (Å²) >= 11 is 0. The van der Waals surface area contributed by atoms with E-state index in [2.05, 4.69) is 19.2 Å². The lowest BCUT2D eigenvalue weighted by Crippen LogP contribution is -2.29.